The highest BCUT2D eigenvalue weighted by atomic mass is 32.1. The molecule has 0 aliphatic heterocycles. The van der Waals surface area contributed by atoms with E-state index in [2.05, 4.69) is 18.0 Å². The van der Waals surface area contributed by atoms with Crippen LogP contribution in [0.2, 0.25) is 0 Å². The normalized spacial score (nSPS) is 10.5. The Labute approximate surface area is 85.4 Å². The van der Waals surface area contributed by atoms with Gasteiger partial charge in [-0.05, 0) is 24.6 Å². The van der Waals surface area contributed by atoms with Gasteiger partial charge in [-0.25, -0.2) is 4.98 Å². The summed E-state index contributed by atoms with van der Waals surface area (Å²) in [5, 5.41) is 0.746. The van der Waals surface area contributed by atoms with Crippen LogP contribution in [0.3, 0.4) is 0 Å². The van der Waals surface area contributed by atoms with Gasteiger partial charge in [0.2, 0.25) is 0 Å². The standard InChI is InChI=1S/C9H8N2S2/c1-5-2-3-6-7(4-5)13-9(11-6)8(10)12/h2-4H,1H3,(H2,10,12). The molecule has 2 aromatic rings. The predicted octanol–water partition coefficient (Wildman–Crippen LogP) is 2.24. The number of aromatic nitrogens is 1. The predicted molar refractivity (Wildman–Crippen MR) is 60.2 cm³/mol. The van der Waals surface area contributed by atoms with E-state index in [0.717, 1.165) is 15.2 Å². The highest BCUT2D eigenvalue weighted by Gasteiger charge is 2.04. The zero-order valence-electron chi connectivity index (χ0n) is 7.07. The Morgan fingerprint density at radius 2 is 2.31 bits per heavy atom. The Hall–Kier alpha value is -1.00. The number of aryl methyl sites for hydroxylation is 1. The van der Waals surface area contributed by atoms with Gasteiger partial charge in [0.25, 0.3) is 0 Å². The van der Waals surface area contributed by atoms with Crippen molar-refractivity contribution in [2.75, 3.05) is 0 Å². The molecular weight excluding hydrogens is 200 g/mol. The van der Waals surface area contributed by atoms with Crippen molar-refractivity contribution in [2.45, 2.75) is 6.92 Å². The van der Waals surface area contributed by atoms with E-state index in [0.29, 0.717) is 4.99 Å². The van der Waals surface area contributed by atoms with Gasteiger partial charge in [-0.2, -0.15) is 0 Å². The molecule has 0 amide bonds. The number of thiazole rings is 1. The van der Waals surface area contributed by atoms with Crippen LogP contribution in [-0.2, 0) is 0 Å². The number of thiocarbonyl (C=S) groups is 1. The lowest BCUT2D eigenvalue weighted by Crippen LogP contribution is -2.08. The second-order valence-electron chi connectivity index (χ2n) is 2.85. The molecule has 0 atom stereocenters. The molecule has 0 aliphatic carbocycles. The van der Waals surface area contributed by atoms with Crippen LogP contribution >= 0.6 is 23.6 Å². The first-order valence-corrected chi connectivity index (χ1v) is 5.06. The lowest BCUT2D eigenvalue weighted by Gasteiger charge is -1.88. The van der Waals surface area contributed by atoms with E-state index in [1.807, 2.05) is 12.1 Å². The lowest BCUT2D eigenvalue weighted by atomic mass is 10.2. The number of nitrogens with two attached hydrogens (primary N) is 1. The summed E-state index contributed by atoms with van der Waals surface area (Å²) in [5.74, 6) is 0. The zero-order valence-corrected chi connectivity index (χ0v) is 8.71. The van der Waals surface area contributed by atoms with Crippen LogP contribution in [0, 0.1) is 6.92 Å². The Bertz CT molecular complexity index is 473. The molecule has 1 heterocycles. The van der Waals surface area contributed by atoms with Crippen molar-refractivity contribution in [1.29, 1.82) is 0 Å². The van der Waals surface area contributed by atoms with Crippen molar-refractivity contribution in [3.8, 4) is 0 Å². The first-order chi connectivity index (χ1) is 6.16. The van der Waals surface area contributed by atoms with Gasteiger partial charge < -0.3 is 5.73 Å². The van der Waals surface area contributed by atoms with Crippen molar-refractivity contribution >= 4 is 38.8 Å². The van der Waals surface area contributed by atoms with Gasteiger partial charge in [0.15, 0.2) is 5.01 Å². The number of benzene rings is 1. The second kappa shape index (κ2) is 3.05. The molecule has 66 valence electrons. The van der Waals surface area contributed by atoms with E-state index in [4.69, 9.17) is 18.0 Å². The fourth-order valence-electron chi connectivity index (χ4n) is 1.14. The number of fused-ring (bicyclic) bond motifs is 1. The van der Waals surface area contributed by atoms with Crippen molar-refractivity contribution in [3.05, 3.63) is 28.8 Å². The number of rotatable bonds is 1. The summed E-state index contributed by atoms with van der Waals surface area (Å²) in [6.45, 7) is 2.06. The van der Waals surface area contributed by atoms with Crippen LogP contribution in [0.4, 0.5) is 0 Å². The largest absolute Gasteiger partial charge is 0.387 e. The van der Waals surface area contributed by atoms with Crippen LogP contribution < -0.4 is 5.73 Å². The summed E-state index contributed by atoms with van der Waals surface area (Å²) in [6.07, 6.45) is 0. The molecule has 1 aromatic heterocycles. The summed E-state index contributed by atoms with van der Waals surface area (Å²) in [6, 6.07) is 6.11. The third-order valence-corrected chi connectivity index (χ3v) is 3.13. The van der Waals surface area contributed by atoms with Gasteiger partial charge in [-0.15, -0.1) is 11.3 Å². The fourth-order valence-corrected chi connectivity index (χ4v) is 2.22. The highest BCUT2D eigenvalue weighted by molar-refractivity contribution is 7.81. The van der Waals surface area contributed by atoms with Gasteiger partial charge in [-0.1, -0.05) is 18.3 Å². The van der Waals surface area contributed by atoms with E-state index in [9.17, 15) is 0 Å². The Kier molecular flexibility index (Phi) is 2.01. The van der Waals surface area contributed by atoms with Crippen LogP contribution in [-0.4, -0.2) is 9.97 Å². The smallest absolute Gasteiger partial charge is 0.151 e. The van der Waals surface area contributed by atoms with E-state index in [1.54, 1.807) is 11.3 Å². The molecule has 0 spiro atoms. The lowest BCUT2D eigenvalue weighted by molar-refractivity contribution is 1.44. The second-order valence-corrected chi connectivity index (χ2v) is 4.32. The molecule has 2 N–H and O–H groups in total. The zero-order chi connectivity index (χ0) is 9.42. The molecule has 0 unspecified atom stereocenters. The quantitative estimate of drug-likeness (QED) is 0.730. The van der Waals surface area contributed by atoms with Crippen LogP contribution in [0.1, 0.15) is 10.6 Å². The minimum absolute atomic E-state index is 0.374. The SMILES string of the molecule is Cc1ccc2nc(C(N)=S)sc2c1. The Balaban J connectivity index is 2.68. The minimum atomic E-state index is 0.374. The molecule has 2 rings (SSSR count). The third kappa shape index (κ3) is 1.55. The monoisotopic (exact) mass is 208 g/mol. The van der Waals surface area contributed by atoms with E-state index >= 15 is 0 Å². The van der Waals surface area contributed by atoms with E-state index < -0.39 is 0 Å². The van der Waals surface area contributed by atoms with E-state index in [1.165, 1.54) is 5.56 Å². The van der Waals surface area contributed by atoms with Gasteiger partial charge in [0.05, 0.1) is 10.2 Å². The summed E-state index contributed by atoms with van der Waals surface area (Å²) < 4.78 is 1.14. The summed E-state index contributed by atoms with van der Waals surface area (Å²) >= 11 is 6.40. The summed E-state index contributed by atoms with van der Waals surface area (Å²) in [5.41, 5.74) is 7.69. The molecule has 1 aromatic carbocycles. The van der Waals surface area contributed by atoms with Gasteiger partial charge in [0.1, 0.15) is 4.99 Å². The fraction of sp³-hybridized carbons (Fsp3) is 0.111. The number of nitrogens with zero attached hydrogens (tertiary/aromatic N) is 1. The van der Waals surface area contributed by atoms with Crippen LogP contribution in [0.25, 0.3) is 10.2 Å². The summed E-state index contributed by atoms with van der Waals surface area (Å²) in [7, 11) is 0. The van der Waals surface area contributed by atoms with Crippen LogP contribution in [0.15, 0.2) is 18.2 Å². The maximum atomic E-state index is 5.50. The maximum Gasteiger partial charge on any atom is 0.151 e. The van der Waals surface area contributed by atoms with Crippen molar-refractivity contribution < 1.29 is 0 Å². The molecule has 0 aliphatic rings. The van der Waals surface area contributed by atoms with Crippen molar-refractivity contribution in [1.82, 2.24) is 4.98 Å². The van der Waals surface area contributed by atoms with Gasteiger partial charge >= 0.3 is 0 Å². The average molecular weight is 208 g/mol. The molecule has 0 bridgehead atoms. The topological polar surface area (TPSA) is 38.9 Å². The Morgan fingerprint density at radius 1 is 1.54 bits per heavy atom. The first kappa shape index (κ1) is 8.59. The van der Waals surface area contributed by atoms with Crippen molar-refractivity contribution in [3.63, 3.8) is 0 Å². The molecule has 4 heteroatoms. The van der Waals surface area contributed by atoms with Crippen LogP contribution in [0.5, 0.6) is 0 Å². The van der Waals surface area contributed by atoms with E-state index in [-0.39, 0.29) is 0 Å². The highest BCUT2D eigenvalue weighted by Crippen LogP contribution is 2.22. The number of hydrogen-bond donors (Lipinski definition) is 1. The minimum Gasteiger partial charge on any atom is -0.387 e. The third-order valence-electron chi connectivity index (χ3n) is 1.75. The maximum absolute atomic E-state index is 5.50. The van der Waals surface area contributed by atoms with Gasteiger partial charge in [-0.3, -0.25) is 0 Å². The van der Waals surface area contributed by atoms with Crippen molar-refractivity contribution in [2.24, 2.45) is 5.73 Å². The summed E-state index contributed by atoms with van der Waals surface area (Å²) in [4.78, 5) is 4.68. The molecule has 0 fully saturated rings. The first-order valence-electron chi connectivity index (χ1n) is 3.84. The molecule has 2 nitrogen and oxygen atoms in total. The molecular formula is C9H8N2S2. The van der Waals surface area contributed by atoms with Gasteiger partial charge in [0, 0.05) is 0 Å². The average Bonchev–Trinajstić information content (AvgIpc) is 2.46. The molecule has 0 saturated carbocycles. The molecule has 0 radical (unpaired) electrons. The molecule has 13 heavy (non-hydrogen) atoms. The number of hydrogen-bond acceptors (Lipinski definition) is 3. The molecule has 0 saturated heterocycles. The Morgan fingerprint density at radius 3 is 3.00 bits per heavy atom.